The van der Waals surface area contributed by atoms with Gasteiger partial charge in [0.05, 0.1) is 0 Å². The molecule has 1 amide bonds. The van der Waals surface area contributed by atoms with Gasteiger partial charge in [-0.15, -0.1) is 0 Å². The maximum atomic E-state index is 12.0. The molecule has 2 aromatic heterocycles. The smallest absolute Gasteiger partial charge is 0.307 e. The van der Waals surface area contributed by atoms with Gasteiger partial charge in [0.1, 0.15) is 12.4 Å². The van der Waals surface area contributed by atoms with Crippen molar-refractivity contribution in [2.75, 3.05) is 18.0 Å². The topological polar surface area (TPSA) is 67.2 Å². The fraction of sp³-hybridized carbons (Fsp3) is 0.500. The van der Waals surface area contributed by atoms with Gasteiger partial charge >= 0.3 is 4.87 Å². The van der Waals surface area contributed by atoms with Crippen molar-refractivity contribution in [3.8, 4) is 0 Å². The molecule has 7 heteroatoms. The molecule has 0 aromatic carbocycles. The summed E-state index contributed by atoms with van der Waals surface area (Å²) in [5.74, 6) is 1.63. The SMILES string of the molecule is Cc1csc(=O)n1CC(=O)NCc1ccc(N2CCC(C)CC2)nc1. The summed E-state index contributed by atoms with van der Waals surface area (Å²) in [4.78, 5) is 30.4. The van der Waals surface area contributed by atoms with E-state index in [1.165, 1.54) is 17.4 Å². The summed E-state index contributed by atoms with van der Waals surface area (Å²) in [6, 6.07) is 4.02. The van der Waals surface area contributed by atoms with Gasteiger partial charge in [0.15, 0.2) is 0 Å². The monoisotopic (exact) mass is 360 g/mol. The number of nitrogens with zero attached hydrogens (tertiary/aromatic N) is 3. The fourth-order valence-electron chi connectivity index (χ4n) is 2.94. The van der Waals surface area contributed by atoms with Crippen LogP contribution >= 0.6 is 11.3 Å². The van der Waals surface area contributed by atoms with Crippen molar-refractivity contribution in [1.82, 2.24) is 14.9 Å². The first-order valence-corrected chi connectivity index (χ1v) is 9.52. The molecule has 3 heterocycles. The molecule has 0 spiro atoms. The molecule has 0 bridgehead atoms. The minimum Gasteiger partial charge on any atom is -0.357 e. The Hall–Kier alpha value is -2.15. The largest absolute Gasteiger partial charge is 0.357 e. The van der Waals surface area contributed by atoms with E-state index >= 15 is 0 Å². The minimum absolute atomic E-state index is 0.0612. The number of pyridine rings is 1. The Kier molecular flexibility index (Phi) is 5.53. The molecule has 1 aliphatic rings. The standard InChI is InChI=1S/C18H24N4O2S/c1-13-5-7-21(8-6-13)16-4-3-15(9-19-16)10-20-17(23)11-22-14(2)12-25-18(22)24/h3-4,9,12-13H,5-8,10-11H2,1-2H3,(H,20,23). The van der Waals surface area contributed by atoms with Crippen molar-refractivity contribution in [3.63, 3.8) is 0 Å². The Bertz CT molecular complexity index is 773. The first-order chi connectivity index (χ1) is 12.0. The summed E-state index contributed by atoms with van der Waals surface area (Å²) in [6.45, 7) is 6.71. The third kappa shape index (κ3) is 4.48. The van der Waals surface area contributed by atoms with Crippen LogP contribution in [-0.2, 0) is 17.9 Å². The Balaban J connectivity index is 1.51. The highest BCUT2D eigenvalue weighted by Crippen LogP contribution is 2.21. The highest BCUT2D eigenvalue weighted by molar-refractivity contribution is 7.07. The van der Waals surface area contributed by atoms with E-state index in [-0.39, 0.29) is 17.3 Å². The van der Waals surface area contributed by atoms with E-state index in [1.807, 2.05) is 25.3 Å². The zero-order valence-electron chi connectivity index (χ0n) is 14.7. The lowest BCUT2D eigenvalue weighted by atomic mass is 9.99. The third-order valence-electron chi connectivity index (χ3n) is 4.68. The number of hydrogen-bond acceptors (Lipinski definition) is 5. The molecule has 0 unspecified atom stereocenters. The molecule has 2 aromatic rings. The Labute approximate surface area is 151 Å². The lowest BCUT2D eigenvalue weighted by molar-refractivity contribution is -0.121. The van der Waals surface area contributed by atoms with Crippen molar-refractivity contribution >= 4 is 23.1 Å². The van der Waals surface area contributed by atoms with Crippen LogP contribution in [0.2, 0.25) is 0 Å². The maximum absolute atomic E-state index is 12.0. The molecule has 1 aliphatic heterocycles. The molecular weight excluding hydrogens is 336 g/mol. The van der Waals surface area contributed by atoms with Crippen LogP contribution in [0.15, 0.2) is 28.5 Å². The normalized spacial score (nSPS) is 15.4. The summed E-state index contributed by atoms with van der Waals surface area (Å²) < 4.78 is 1.48. The van der Waals surface area contributed by atoms with Crippen LogP contribution in [0.25, 0.3) is 0 Å². The summed E-state index contributed by atoms with van der Waals surface area (Å²) in [7, 11) is 0. The molecule has 6 nitrogen and oxygen atoms in total. The molecule has 0 aliphatic carbocycles. The first kappa shape index (κ1) is 17.7. The minimum atomic E-state index is -0.169. The van der Waals surface area contributed by atoms with Gasteiger partial charge in [-0.2, -0.15) is 0 Å². The second-order valence-electron chi connectivity index (χ2n) is 6.70. The van der Waals surface area contributed by atoms with E-state index in [2.05, 4.69) is 22.1 Å². The predicted octanol–water partition coefficient (Wildman–Crippen LogP) is 2.17. The van der Waals surface area contributed by atoms with Crippen molar-refractivity contribution in [2.24, 2.45) is 5.92 Å². The quantitative estimate of drug-likeness (QED) is 0.887. The number of rotatable bonds is 5. The molecule has 0 radical (unpaired) electrons. The van der Waals surface area contributed by atoms with Crippen LogP contribution < -0.4 is 15.1 Å². The second-order valence-corrected chi connectivity index (χ2v) is 7.52. The predicted molar refractivity (Wildman–Crippen MR) is 100 cm³/mol. The van der Waals surface area contributed by atoms with Crippen LogP contribution in [0.1, 0.15) is 31.0 Å². The summed E-state index contributed by atoms with van der Waals surface area (Å²) in [5, 5.41) is 4.61. The van der Waals surface area contributed by atoms with E-state index < -0.39 is 0 Å². The van der Waals surface area contributed by atoms with Gasteiger partial charge in [0.25, 0.3) is 0 Å². The highest BCUT2D eigenvalue weighted by Gasteiger charge is 2.16. The number of piperidine rings is 1. The number of hydrogen-bond donors (Lipinski definition) is 1. The number of aryl methyl sites for hydroxylation is 1. The highest BCUT2D eigenvalue weighted by atomic mass is 32.1. The van der Waals surface area contributed by atoms with Gasteiger partial charge < -0.3 is 10.2 Å². The number of nitrogens with one attached hydrogen (secondary N) is 1. The molecule has 1 saturated heterocycles. The van der Waals surface area contributed by atoms with E-state index in [4.69, 9.17) is 0 Å². The maximum Gasteiger partial charge on any atom is 0.307 e. The van der Waals surface area contributed by atoms with E-state index in [1.54, 1.807) is 5.38 Å². The van der Waals surface area contributed by atoms with E-state index in [0.29, 0.717) is 6.54 Å². The number of thiazole rings is 1. The Morgan fingerprint density at radius 2 is 2.12 bits per heavy atom. The molecular formula is C18H24N4O2S. The number of carbonyl (C=O) groups excluding carboxylic acids is 1. The average Bonchev–Trinajstić information content (AvgIpc) is 2.93. The second kappa shape index (κ2) is 7.82. The molecule has 1 N–H and O–H groups in total. The summed E-state index contributed by atoms with van der Waals surface area (Å²) in [5.41, 5.74) is 1.77. The zero-order valence-corrected chi connectivity index (χ0v) is 15.5. The molecule has 3 rings (SSSR count). The summed E-state index contributed by atoms with van der Waals surface area (Å²) >= 11 is 1.12. The van der Waals surface area contributed by atoms with Crippen molar-refractivity contribution < 1.29 is 4.79 Å². The average molecular weight is 360 g/mol. The van der Waals surface area contributed by atoms with E-state index in [0.717, 1.165) is 47.4 Å². The number of carbonyl (C=O) groups is 1. The Morgan fingerprint density at radius 1 is 1.36 bits per heavy atom. The molecule has 1 fully saturated rings. The van der Waals surface area contributed by atoms with Gasteiger partial charge in [-0.3, -0.25) is 14.2 Å². The number of anilines is 1. The molecule has 25 heavy (non-hydrogen) atoms. The summed E-state index contributed by atoms with van der Waals surface area (Å²) in [6.07, 6.45) is 4.23. The van der Waals surface area contributed by atoms with E-state index in [9.17, 15) is 9.59 Å². The van der Waals surface area contributed by atoms with Crippen molar-refractivity contribution in [2.45, 2.75) is 39.8 Å². The third-order valence-corrected chi connectivity index (χ3v) is 5.57. The van der Waals surface area contributed by atoms with Crippen LogP contribution in [0.5, 0.6) is 0 Å². The van der Waals surface area contributed by atoms with Crippen LogP contribution in [0.4, 0.5) is 5.82 Å². The fourth-order valence-corrected chi connectivity index (χ4v) is 3.68. The first-order valence-electron chi connectivity index (χ1n) is 8.64. The van der Waals surface area contributed by atoms with Gasteiger partial charge in [-0.25, -0.2) is 4.98 Å². The van der Waals surface area contributed by atoms with Crippen LogP contribution in [0.3, 0.4) is 0 Å². The number of aromatic nitrogens is 2. The van der Waals surface area contributed by atoms with Crippen molar-refractivity contribution in [3.05, 3.63) is 44.6 Å². The number of amides is 1. The lowest BCUT2D eigenvalue weighted by Gasteiger charge is -2.31. The van der Waals surface area contributed by atoms with Crippen molar-refractivity contribution in [1.29, 1.82) is 0 Å². The van der Waals surface area contributed by atoms with Gasteiger partial charge in [0, 0.05) is 36.9 Å². The zero-order chi connectivity index (χ0) is 17.8. The molecule has 134 valence electrons. The molecule has 0 saturated carbocycles. The van der Waals surface area contributed by atoms with Gasteiger partial charge in [0.2, 0.25) is 5.91 Å². The van der Waals surface area contributed by atoms with Crippen LogP contribution in [0, 0.1) is 12.8 Å². The van der Waals surface area contributed by atoms with Gasteiger partial charge in [-0.1, -0.05) is 24.3 Å². The van der Waals surface area contributed by atoms with Gasteiger partial charge in [-0.05, 0) is 37.3 Å². The Morgan fingerprint density at radius 3 is 2.72 bits per heavy atom. The van der Waals surface area contributed by atoms with Crippen LogP contribution in [-0.4, -0.2) is 28.5 Å². The lowest BCUT2D eigenvalue weighted by Crippen LogP contribution is -2.33. The molecule has 0 atom stereocenters.